The van der Waals surface area contributed by atoms with E-state index in [1.807, 2.05) is 0 Å². The number of nitrogens with zero attached hydrogens (tertiary/aromatic N) is 1. The number of anilines is 1. The van der Waals surface area contributed by atoms with Gasteiger partial charge in [-0.05, 0) is 30.3 Å². The Bertz CT molecular complexity index is 516. The molecule has 0 saturated carbocycles. The van der Waals surface area contributed by atoms with Crippen molar-refractivity contribution in [2.75, 3.05) is 5.43 Å². The molecule has 0 aliphatic carbocycles. The van der Waals surface area contributed by atoms with Gasteiger partial charge in [0, 0.05) is 6.20 Å². The second-order valence-electron chi connectivity index (χ2n) is 3.30. The number of nitrogens with one attached hydrogen (secondary N) is 2. The summed E-state index contributed by atoms with van der Waals surface area (Å²) in [6.45, 7) is 0. The number of hydrazine groups is 1. The summed E-state index contributed by atoms with van der Waals surface area (Å²) in [5.74, 6) is -0.753. The van der Waals surface area contributed by atoms with Crippen LogP contribution in [0.4, 0.5) is 10.1 Å². The summed E-state index contributed by atoms with van der Waals surface area (Å²) < 4.78 is 12.8. The third-order valence-electron chi connectivity index (χ3n) is 2.04. The Kier molecular flexibility index (Phi) is 3.30. The highest BCUT2D eigenvalue weighted by Gasteiger charge is 2.04. The van der Waals surface area contributed by atoms with E-state index < -0.39 is 0 Å². The zero-order chi connectivity index (χ0) is 12.1. The van der Waals surface area contributed by atoms with E-state index in [1.54, 1.807) is 30.3 Å². The smallest absolute Gasteiger partial charge is 0.288 e. The van der Waals surface area contributed by atoms with Gasteiger partial charge in [-0.2, -0.15) is 0 Å². The van der Waals surface area contributed by atoms with E-state index >= 15 is 0 Å². The van der Waals surface area contributed by atoms with Gasteiger partial charge in [0.05, 0.1) is 5.69 Å². The first kappa shape index (κ1) is 11.1. The molecular weight excluding hydrogens is 221 g/mol. The average molecular weight is 231 g/mol. The SMILES string of the molecule is O=C(NNc1cccc(F)c1)c1ccccn1. The third kappa shape index (κ3) is 3.01. The number of amides is 1. The van der Waals surface area contributed by atoms with Crippen LogP contribution in [-0.4, -0.2) is 10.9 Å². The maximum atomic E-state index is 12.8. The van der Waals surface area contributed by atoms with Crippen LogP contribution in [0, 0.1) is 5.82 Å². The van der Waals surface area contributed by atoms with Crippen molar-refractivity contribution in [3.63, 3.8) is 0 Å². The van der Waals surface area contributed by atoms with Crippen molar-refractivity contribution in [3.05, 3.63) is 60.2 Å². The number of hydrogen-bond acceptors (Lipinski definition) is 3. The number of aromatic nitrogens is 1. The molecule has 1 aromatic heterocycles. The van der Waals surface area contributed by atoms with Crippen LogP contribution in [0.25, 0.3) is 0 Å². The molecule has 0 spiro atoms. The molecule has 0 fully saturated rings. The lowest BCUT2D eigenvalue weighted by molar-refractivity contribution is 0.0957. The summed E-state index contributed by atoms with van der Waals surface area (Å²) in [7, 11) is 0. The van der Waals surface area contributed by atoms with Crippen LogP contribution in [-0.2, 0) is 0 Å². The number of halogens is 1. The number of rotatable bonds is 3. The number of benzene rings is 1. The van der Waals surface area contributed by atoms with Crippen LogP contribution in [0.2, 0.25) is 0 Å². The van der Waals surface area contributed by atoms with Crippen LogP contribution >= 0.6 is 0 Å². The number of carbonyl (C=O) groups excluding carboxylic acids is 1. The molecule has 1 amide bonds. The number of carbonyl (C=O) groups is 1. The molecule has 5 heteroatoms. The van der Waals surface area contributed by atoms with Crippen LogP contribution in [0.1, 0.15) is 10.5 Å². The molecule has 86 valence electrons. The zero-order valence-electron chi connectivity index (χ0n) is 8.85. The number of pyridine rings is 1. The van der Waals surface area contributed by atoms with E-state index in [0.717, 1.165) is 0 Å². The van der Waals surface area contributed by atoms with Crippen molar-refractivity contribution in [2.24, 2.45) is 0 Å². The van der Waals surface area contributed by atoms with Gasteiger partial charge in [-0.3, -0.25) is 20.6 Å². The lowest BCUT2D eigenvalue weighted by Crippen LogP contribution is -2.29. The first-order valence-electron chi connectivity index (χ1n) is 4.98. The molecule has 0 saturated heterocycles. The van der Waals surface area contributed by atoms with Crippen molar-refractivity contribution in [3.8, 4) is 0 Å². The Balaban J connectivity index is 1.97. The fraction of sp³-hybridized carbons (Fsp3) is 0. The van der Waals surface area contributed by atoms with Crippen molar-refractivity contribution >= 4 is 11.6 Å². The lowest BCUT2D eigenvalue weighted by atomic mass is 10.3. The fourth-order valence-electron chi connectivity index (χ4n) is 1.26. The first-order valence-corrected chi connectivity index (χ1v) is 4.98. The Hall–Kier alpha value is -2.43. The highest BCUT2D eigenvalue weighted by atomic mass is 19.1. The van der Waals surface area contributed by atoms with Gasteiger partial charge >= 0.3 is 0 Å². The topological polar surface area (TPSA) is 54.0 Å². The maximum Gasteiger partial charge on any atom is 0.288 e. The standard InChI is InChI=1S/C12H10FN3O/c13-9-4-3-5-10(8-9)15-16-12(17)11-6-1-2-7-14-11/h1-8,15H,(H,16,17). The highest BCUT2D eigenvalue weighted by molar-refractivity contribution is 5.92. The minimum atomic E-state index is -0.380. The van der Waals surface area contributed by atoms with Crippen LogP contribution in [0.3, 0.4) is 0 Å². The minimum Gasteiger partial charge on any atom is -0.298 e. The Labute approximate surface area is 97.5 Å². The second kappa shape index (κ2) is 5.07. The predicted octanol–water partition coefficient (Wildman–Crippen LogP) is 1.98. The molecule has 0 unspecified atom stereocenters. The van der Waals surface area contributed by atoms with Gasteiger partial charge in [0.1, 0.15) is 11.5 Å². The van der Waals surface area contributed by atoms with Crippen molar-refractivity contribution in [1.29, 1.82) is 0 Å². The van der Waals surface area contributed by atoms with Crippen molar-refractivity contribution in [1.82, 2.24) is 10.4 Å². The maximum absolute atomic E-state index is 12.8. The molecule has 1 aromatic carbocycles. The van der Waals surface area contributed by atoms with Gasteiger partial charge in [0.15, 0.2) is 0 Å². The molecule has 1 heterocycles. The molecule has 4 nitrogen and oxygen atoms in total. The number of hydrogen-bond donors (Lipinski definition) is 2. The summed E-state index contributed by atoms with van der Waals surface area (Å²) >= 11 is 0. The van der Waals surface area contributed by atoms with E-state index in [-0.39, 0.29) is 17.4 Å². The quantitative estimate of drug-likeness (QED) is 0.794. The predicted molar refractivity (Wildman–Crippen MR) is 61.7 cm³/mol. The van der Waals surface area contributed by atoms with Gasteiger partial charge < -0.3 is 0 Å². The van der Waals surface area contributed by atoms with Crippen LogP contribution in [0.15, 0.2) is 48.7 Å². The summed E-state index contributed by atoms with van der Waals surface area (Å²) in [6.07, 6.45) is 1.52. The summed E-state index contributed by atoms with van der Waals surface area (Å²) in [6, 6.07) is 10.8. The van der Waals surface area contributed by atoms with E-state index in [2.05, 4.69) is 15.8 Å². The highest BCUT2D eigenvalue weighted by Crippen LogP contribution is 2.07. The molecule has 2 rings (SSSR count). The van der Waals surface area contributed by atoms with E-state index in [0.29, 0.717) is 5.69 Å². The fourth-order valence-corrected chi connectivity index (χ4v) is 1.26. The largest absolute Gasteiger partial charge is 0.298 e. The summed E-state index contributed by atoms with van der Waals surface area (Å²) in [5.41, 5.74) is 5.78. The van der Waals surface area contributed by atoms with Gasteiger partial charge in [0.25, 0.3) is 5.91 Å². The molecule has 2 aromatic rings. The van der Waals surface area contributed by atoms with Gasteiger partial charge in [-0.15, -0.1) is 0 Å². The van der Waals surface area contributed by atoms with Crippen molar-refractivity contribution in [2.45, 2.75) is 0 Å². The lowest BCUT2D eigenvalue weighted by Gasteiger charge is -2.07. The Morgan fingerprint density at radius 1 is 1.18 bits per heavy atom. The molecule has 0 radical (unpaired) electrons. The van der Waals surface area contributed by atoms with Gasteiger partial charge in [0.2, 0.25) is 0 Å². The molecule has 2 N–H and O–H groups in total. The summed E-state index contributed by atoms with van der Waals surface area (Å²) in [5, 5.41) is 0. The third-order valence-corrected chi connectivity index (χ3v) is 2.04. The van der Waals surface area contributed by atoms with Crippen LogP contribution < -0.4 is 10.9 Å². The molecule has 0 aliphatic rings. The Morgan fingerprint density at radius 2 is 2.06 bits per heavy atom. The molecule has 0 aliphatic heterocycles. The van der Waals surface area contributed by atoms with Crippen LogP contribution in [0.5, 0.6) is 0 Å². The molecule has 17 heavy (non-hydrogen) atoms. The first-order chi connectivity index (χ1) is 8.25. The second-order valence-corrected chi connectivity index (χ2v) is 3.30. The van der Waals surface area contributed by atoms with Crippen molar-refractivity contribution < 1.29 is 9.18 Å². The zero-order valence-corrected chi connectivity index (χ0v) is 8.85. The minimum absolute atomic E-state index is 0.288. The molecule has 0 bridgehead atoms. The van der Waals surface area contributed by atoms with E-state index in [1.165, 1.54) is 18.3 Å². The van der Waals surface area contributed by atoms with E-state index in [9.17, 15) is 9.18 Å². The molecule has 0 atom stereocenters. The monoisotopic (exact) mass is 231 g/mol. The normalized spacial score (nSPS) is 9.71. The average Bonchev–Trinajstić information content (AvgIpc) is 2.37. The Morgan fingerprint density at radius 3 is 2.76 bits per heavy atom. The van der Waals surface area contributed by atoms with Gasteiger partial charge in [-0.1, -0.05) is 12.1 Å². The van der Waals surface area contributed by atoms with Gasteiger partial charge in [-0.25, -0.2) is 4.39 Å². The van der Waals surface area contributed by atoms with E-state index in [4.69, 9.17) is 0 Å². The molecular formula is C12H10FN3O. The summed E-state index contributed by atoms with van der Waals surface area (Å²) in [4.78, 5) is 15.5.